The molecule has 0 radical (unpaired) electrons. The zero-order valence-electron chi connectivity index (χ0n) is 9.90. The first-order valence-corrected chi connectivity index (χ1v) is 5.19. The van der Waals surface area contributed by atoms with Crippen LogP contribution in [0.5, 0.6) is 0 Å². The summed E-state index contributed by atoms with van der Waals surface area (Å²) in [6.45, 7) is 4.62. The van der Waals surface area contributed by atoms with Crippen molar-refractivity contribution in [3.63, 3.8) is 0 Å². The van der Waals surface area contributed by atoms with Gasteiger partial charge < -0.3 is 4.90 Å². The summed E-state index contributed by atoms with van der Waals surface area (Å²) in [7, 11) is 3.79. The molecule has 15 heavy (non-hydrogen) atoms. The van der Waals surface area contributed by atoms with E-state index in [0.29, 0.717) is 19.0 Å². The number of carbonyl (C=O) groups is 1. The fraction of sp³-hybridized carbons (Fsp3) is 0.636. The zero-order valence-corrected chi connectivity index (χ0v) is 9.90. The van der Waals surface area contributed by atoms with Crippen LogP contribution in [0.3, 0.4) is 0 Å². The molecule has 0 saturated carbocycles. The van der Waals surface area contributed by atoms with Crippen molar-refractivity contribution in [3.8, 4) is 0 Å². The van der Waals surface area contributed by atoms with Crippen molar-refractivity contribution in [2.45, 2.75) is 26.3 Å². The third-order valence-electron chi connectivity index (χ3n) is 2.06. The van der Waals surface area contributed by atoms with Gasteiger partial charge >= 0.3 is 0 Å². The number of hydrogen-bond donors (Lipinski definition) is 0. The molecule has 0 aliphatic heterocycles. The minimum atomic E-state index is 0.203. The highest BCUT2D eigenvalue weighted by Gasteiger charge is 2.08. The summed E-state index contributed by atoms with van der Waals surface area (Å²) >= 11 is 0. The van der Waals surface area contributed by atoms with Gasteiger partial charge in [-0.25, -0.2) is 0 Å². The number of likely N-dealkylation sites (N-methyl/N-ethyl adjacent to an activating group) is 1. The first kappa shape index (κ1) is 11.9. The van der Waals surface area contributed by atoms with Gasteiger partial charge in [-0.2, -0.15) is 5.10 Å². The van der Waals surface area contributed by atoms with Gasteiger partial charge in [0.15, 0.2) is 5.78 Å². The van der Waals surface area contributed by atoms with Crippen LogP contribution >= 0.6 is 0 Å². The van der Waals surface area contributed by atoms with Crippen LogP contribution in [0.15, 0.2) is 12.3 Å². The fourth-order valence-electron chi connectivity index (χ4n) is 1.37. The summed E-state index contributed by atoms with van der Waals surface area (Å²) in [5, 5.41) is 4.33. The highest BCUT2D eigenvalue weighted by molar-refractivity contribution is 5.82. The van der Waals surface area contributed by atoms with E-state index in [-0.39, 0.29) is 5.78 Å². The second kappa shape index (κ2) is 5.07. The Balaban J connectivity index is 2.53. The van der Waals surface area contributed by atoms with Gasteiger partial charge in [0, 0.05) is 12.2 Å². The molecule has 0 bridgehead atoms. The van der Waals surface area contributed by atoms with Crippen molar-refractivity contribution in [1.29, 1.82) is 0 Å². The average molecular weight is 209 g/mol. The van der Waals surface area contributed by atoms with Crippen molar-refractivity contribution in [2.24, 2.45) is 0 Å². The lowest BCUT2D eigenvalue weighted by Gasteiger charge is -2.07. The van der Waals surface area contributed by atoms with Crippen LogP contribution in [0, 0.1) is 0 Å². The predicted molar refractivity (Wildman–Crippen MR) is 59.9 cm³/mol. The lowest BCUT2D eigenvalue weighted by Crippen LogP contribution is -2.23. The number of rotatable bonds is 5. The van der Waals surface area contributed by atoms with E-state index in [2.05, 4.69) is 18.9 Å². The van der Waals surface area contributed by atoms with Crippen molar-refractivity contribution in [1.82, 2.24) is 14.7 Å². The van der Waals surface area contributed by atoms with E-state index in [1.165, 1.54) is 0 Å². The molecular weight excluding hydrogens is 190 g/mol. The Kier molecular flexibility index (Phi) is 4.03. The molecule has 0 amide bonds. The summed E-state index contributed by atoms with van der Waals surface area (Å²) in [6, 6.07) is 2.26. The largest absolute Gasteiger partial charge is 0.302 e. The number of Topliss-reactive ketones (excluding diaryl/α,β-unsaturated/α-hetero) is 1. The van der Waals surface area contributed by atoms with Crippen LogP contribution in [0.1, 0.15) is 25.6 Å². The van der Waals surface area contributed by atoms with E-state index in [1.807, 2.05) is 35.9 Å². The summed E-state index contributed by atoms with van der Waals surface area (Å²) in [5.74, 6) is 0.203. The maximum atomic E-state index is 11.5. The number of ketones is 1. The van der Waals surface area contributed by atoms with Gasteiger partial charge in [0.1, 0.15) is 0 Å². The molecule has 0 saturated heterocycles. The average Bonchev–Trinajstić information content (AvgIpc) is 2.50. The fourth-order valence-corrected chi connectivity index (χ4v) is 1.37. The molecule has 0 aromatic carbocycles. The Hall–Kier alpha value is -1.16. The standard InChI is InChI=1S/C11H19N3O/c1-9(2)14-6-5-10(12-14)7-11(15)8-13(3)4/h5-6,9H,7-8H2,1-4H3. The van der Waals surface area contributed by atoms with Crippen molar-refractivity contribution in [2.75, 3.05) is 20.6 Å². The highest BCUT2D eigenvalue weighted by atomic mass is 16.1. The molecule has 1 aromatic heterocycles. The Bertz CT molecular complexity index is 328. The normalized spacial score (nSPS) is 11.3. The molecule has 0 N–H and O–H groups in total. The van der Waals surface area contributed by atoms with Gasteiger partial charge in [0.25, 0.3) is 0 Å². The van der Waals surface area contributed by atoms with Crippen LogP contribution in [0.4, 0.5) is 0 Å². The second-order valence-electron chi connectivity index (χ2n) is 4.33. The van der Waals surface area contributed by atoms with Gasteiger partial charge in [-0.1, -0.05) is 0 Å². The lowest BCUT2D eigenvalue weighted by molar-refractivity contribution is -0.119. The molecule has 0 aliphatic carbocycles. The molecule has 0 aliphatic rings. The molecule has 1 heterocycles. The van der Waals surface area contributed by atoms with Gasteiger partial charge in [-0.05, 0) is 34.0 Å². The van der Waals surface area contributed by atoms with Gasteiger partial charge in [0.05, 0.1) is 18.7 Å². The number of nitrogens with zero attached hydrogens (tertiary/aromatic N) is 3. The van der Waals surface area contributed by atoms with E-state index in [9.17, 15) is 4.79 Å². The van der Waals surface area contributed by atoms with E-state index in [4.69, 9.17) is 0 Å². The monoisotopic (exact) mass is 209 g/mol. The van der Waals surface area contributed by atoms with Crippen molar-refractivity contribution in [3.05, 3.63) is 18.0 Å². The molecule has 0 atom stereocenters. The Labute approximate surface area is 90.9 Å². The first-order valence-electron chi connectivity index (χ1n) is 5.19. The highest BCUT2D eigenvalue weighted by Crippen LogP contribution is 2.05. The Morgan fingerprint density at radius 3 is 2.67 bits per heavy atom. The molecule has 1 rings (SSSR count). The smallest absolute Gasteiger partial charge is 0.152 e. The van der Waals surface area contributed by atoms with E-state index < -0.39 is 0 Å². The molecule has 0 spiro atoms. The SMILES string of the molecule is CC(C)n1ccc(CC(=O)CN(C)C)n1. The zero-order chi connectivity index (χ0) is 11.4. The molecule has 4 nitrogen and oxygen atoms in total. The predicted octanol–water partition coefficient (Wildman–Crippen LogP) is 1.14. The quantitative estimate of drug-likeness (QED) is 0.730. The summed E-state index contributed by atoms with van der Waals surface area (Å²) in [6.07, 6.45) is 2.35. The molecule has 84 valence electrons. The van der Waals surface area contributed by atoms with Crippen LogP contribution in [-0.4, -0.2) is 41.1 Å². The Morgan fingerprint density at radius 2 is 2.20 bits per heavy atom. The molecule has 0 fully saturated rings. The van der Waals surface area contributed by atoms with Crippen molar-refractivity contribution >= 4 is 5.78 Å². The minimum Gasteiger partial charge on any atom is -0.302 e. The number of hydrogen-bond acceptors (Lipinski definition) is 3. The maximum absolute atomic E-state index is 11.5. The van der Waals surface area contributed by atoms with Crippen LogP contribution in [0.2, 0.25) is 0 Å². The van der Waals surface area contributed by atoms with E-state index in [0.717, 1.165) is 5.69 Å². The topological polar surface area (TPSA) is 38.1 Å². The van der Waals surface area contributed by atoms with Crippen molar-refractivity contribution < 1.29 is 4.79 Å². The molecule has 0 unspecified atom stereocenters. The second-order valence-corrected chi connectivity index (χ2v) is 4.33. The summed E-state index contributed by atoms with van der Waals surface area (Å²) in [5.41, 5.74) is 0.857. The van der Waals surface area contributed by atoms with Crippen LogP contribution in [0.25, 0.3) is 0 Å². The minimum absolute atomic E-state index is 0.203. The van der Waals surface area contributed by atoms with E-state index >= 15 is 0 Å². The Morgan fingerprint density at radius 1 is 1.53 bits per heavy atom. The molecule has 1 aromatic rings. The maximum Gasteiger partial charge on any atom is 0.152 e. The van der Waals surface area contributed by atoms with Gasteiger partial charge in [-0.3, -0.25) is 9.48 Å². The van der Waals surface area contributed by atoms with Crippen LogP contribution < -0.4 is 0 Å². The molecule has 4 heteroatoms. The first-order chi connectivity index (χ1) is 6.99. The summed E-state index contributed by atoms with van der Waals surface area (Å²) < 4.78 is 1.87. The van der Waals surface area contributed by atoms with Crippen LogP contribution in [-0.2, 0) is 11.2 Å². The molecular formula is C11H19N3O. The third kappa shape index (κ3) is 3.83. The number of aromatic nitrogens is 2. The van der Waals surface area contributed by atoms with E-state index in [1.54, 1.807) is 0 Å². The van der Waals surface area contributed by atoms with Gasteiger partial charge in [-0.15, -0.1) is 0 Å². The van der Waals surface area contributed by atoms with Gasteiger partial charge in [0.2, 0.25) is 0 Å². The summed E-state index contributed by atoms with van der Waals surface area (Å²) in [4.78, 5) is 13.4. The lowest BCUT2D eigenvalue weighted by atomic mass is 10.2. The third-order valence-corrected chi connectivity index (χ3v) is 2.06. The number of carbonyl (C=O) groups excluding carboxylic acids is 1.